The highest BCUT2D eigenvalue weighted by Gasteiger charge is 2.09. The molecule has 1 unspecified atom stereocenters. The zero-order valence-electron chi connectivity index (χ0n) is 8.55. The first-order valence-electron chi connectivity index (χ1n) is 4.85. The standard InChI is InChI=1S/C11H13N3S/c1-8-13-14-11(15-8)7-10(12)9-5-3-2-4-6-9/h2-6,10H,7,12H2,1H3. The molecule has 1 atom stereocenters. The van der Waals surface area contributed by atoms with Crippen molar-refractivity contribution >= 4 is 11.3 Å². The van der Waals surface area contributed by atoms with E-state index in [2.05, 4.69) is 10.2 Å². The molecular formula is C11H13N3S. The van der Waals surface area contributed by atoms with Crippen LogP contribution in [0.5, 0.6) is 0 Å². The first-order chi connectivity index (χ1) is 7.25. The number of hydrogen-bond acceptors (Lipinski definition) is 4. The second kappa shape index (κ2) is 4.51. The Morgan fingerprint density at radius 1 is 1.27 bits per heavy atom. The molecule has 0 radical (unpaired) electrons. The van der Waals surface area contributed by atoms with E-state index in [0.717, 1.165) is 22.0 Å². The largest absolute Gasteiger partial charge is 0.324 e. The van der Waals surface area contributed by atoms with E-state index < -0.39 is 0 Å². The van der Waals surface area contributed by atoms with Crippen LogP contribution in [0.1, 0.15) is 21.6 Å². The van der Waals surface area contributed by atoms with Gasteiger partial charge in [0.15, 0.2) is 0 Å². The summed E-state index contributed by atoms with van der Waals surface area (Å²) in [6.45, 7) is 1.95. The van der Waals surface area contributed by atoms with Gasteiger partial charge in [0.25, 0.3) is 0 Å². The Labute approximate surface area is 93.0 Å². The van der Waals surface area contributed by atoms with Crippen molar-refractivity contribution in [3.63, 3.8) is 0 Å². The summed E-state index contributed by atoms with van der Waals surface area (Å²) >= 11 is 1.61. The Balaban J connectivity index is 2.07. The van der Waals surface area contributed by atoms with Gasteiger partial charge in [0.2, 0.25) is 0 Å². The van der Waals surface area contributed by atoms with Gasteiger partial charge in [-0.15, -0.1) is 21.5 Å². The molecule has 2 aromatic rings. The van der Waals surface area contributed by atoms with Gasteiger partial charge in [0.1, 0.15) is 10.0 Å². The van der Waals surface area contributed by atoms with E-state index in [1.807, 2.05) is 37.3 Å². The maximum absolute atomic E-state index is 6.08. The third-order valence-corrected chi connectivity index (χ3v) is 3.05. The number of nitrogens with zero attached hydrogens (tertiary/aromatic N) is 2. The summed E-state index contributed by atoms with van der Waals surface area (Å²) < 4.78 is 0. The minimum absolute atomic E-state index is 0.0125. The average Bonchev–Trinajstić information content (AvgIpc) is 2.65. The molecule has 0 saturated heterocycles. The van der Waals surface area contributed by atoms with E-state index in [1.54, 1.807) is 11.3 Å². The fraction of sp³-hybridized carbons (Fsp3) is 0.273. The van der Waals surface area contributed by atoms with Gasteiger partial charge >= 0.3 is 0 Å². The number of aromatic nitrogens is 2. The minimum atomic E-state index is 0.0125. The summed E-state index contributed by atoms with van der Waals surface area (Å²) in [5.74, 6) is 0. The predicted molar refractivity (Wildman–Crippen MR) is 61.7 cm³/mol. The lowest BCUT2D eigenvalue weighted by Crippen LogP contribution is -2.12. The fourth-order valence-electron chi connectivity index (χ4n) is 1.43. The lowest BCUT2D eigenvalue weighted by atomic mass is 10.1. The highest BCUT2D eigenvalue weighted by atomic mass is 32.1. The minimum Gasteiger partial charge on any atom is -0.324 e. The van der Waals surface area contributed by atoms with E-state index in [0.29, 0.717) is 0 Å². The normalized spacial score (nSPS) is 12.7. The molecule has 1 aromatic heterocycles. The van der Waals surface area contributed by atoms with Crippen LogP contribution in [-0.4, -0.2) is 10.2 Å². The monoisotopic (exact) mass is 219 g/mol. The van der Waals surface area contributed by atoms with Gasteiger partial charge < -0.3 is 5.73 Å². The summed E-state index contributed by atoms with van der Waals surface area (Å²) in [4.78, 5) is 0. The molecule has 0 fully saturated rings. The van der Waals surface area contributed by atoms with E-state index in [1.165, 1.54) is 0 Å². The molecule has 0 aliphatic heterocycles. The second-order valence-electron chi connectivity index (χ2n) is 3.44. The maximum atomic E-state index is 6.08. The molecule has 1 heterocycles. The van der Waals surface area contributed by atoms with Crippen LogP contribution in [0.15, 0.2) is 30.3 Å². The van der Waals surface area contributed by atoms with Crippen molar-refractivity contribution in [2.75, 3.05) is 0 Å². The molecule has 2 rings (SSSR count). The van der Waals surface area contributed by atoms with Gasteiger partial charge in [0.05, 0.1) is 0 Å². The Bertz CT molecular complexity index is 424. The molecule has 0 saturated carbocycles. The number of benzene rings is 1. The Kier molecular flexibility index (Phi) is 3.08. The lowest BCUT2D eigenvalue weighted by molar-refractivity contribution is 0.710. The summed E-state index contributed by atoms with van der Waals surface area (Å²) in [7, 11) is 0. The quantitative estimate of drug-likeness (QED) is 0.860. The number of aryl methyl sites for hydroxylation is 1. The van der Waals surface area contributed by atoms with E-state index in [-0.39, 0.29) is 6.04 Å². The Morgan fingerprint density at radius 2 is 2.00 bits per heavy atom. The van der Waals surface area contributed by atoms with Gasteiger partial charge in [0, 0.05) is 12.5 Å². The van der Waals surface area contributed by atoms with Crippen LogP contribution < -0.4 is 5.73 Å². The molecule has 78 valence electrons. The summed E-state index contributed by atoms with van der Waals surface area (Å²) in [6, 6.07) is 10.1. The van der Waals surface area contributed by atoms with Crippen molar-refractivity contribution < 1.29 is 0 Å². The van der Waals surface area contributed by atoms with Gasteiger partial charge in [-0.2, -0.15) is 0 Å². The van der Waals surface area contributed by atoms with Gasteiger partial charge in [-0.3, -0.25) is 0 Å². The van der Waals surface area contributed by atoms with Crippen molar-refractivity contribution in [1.82, 2.24) is 10.2 Å². The molecular weight excluding hydrogens is 206 g/mol. The lowest BCUT2D eigenvalue weighted by Gasteiger charge is -2.08. The average molecular weight is 219 g/mol. The predicted octanol–water partition coefficient (Wildman–Crippen LogP) is 2.09. The zero-order valence-corrected chi connectivity index (χ0v) is 9.37. The topological polar surface area (TPSA) is 51.8 Å². The summed E-state index contributed by atoms with van der Waals surface area (Å²) in [5, 5.41) is 10.0. The third-order valence-electron chi connectivity index (χ3n) is 2.19. The maximum Gasteiger partial charge on any atom is 0.119 e. The first-order valence-corrected chi connectivity index (χ1v) is 5.67. The SMILES string of the molecule is Cc1nnc(CC(N)c2ccccc2)s1. The van der Waals surface area contributed by atoms with Crippen LogP contribution in [0.3, 0.4) is 0 Å². The highest BCUT2D eigenvalue weighted by molar-refractivity contribution is 7.11. The Hall–Kier alpha value is -1.26. The summed E-state index contributed by atoms with van der Waals surface area (Å²) in [5.41, 5.74) is 7.22. The van der Waals surface area contributed by atoms with Crippen LogP contribution in [0.25, 0.3) is 0 Å². The van der Waals surface area contributed by atoms with Crippen molar-refractivity contribution in [2.45, 2.75) is 19.4 Å². The highest BCUT2D eigenvalue weighted by Crippen LogP contribution is 2.17. The van der Waals surface area contributed by atoms with E-state index >= 15 is 0 Å². The third kappa shape index (κ3) is 2.61. The van der Waals surface area contributed by atoms with Crippen molar-refractivity contribution in [3.05, 3.63) is 45.9 Å². The smallest absolute Gasteiger partial charge is 0.119 e. The van der Waals surface area contributed by atoms with Crippen LogP contribution in [-0.2, 0) is 6.42 Å². The van der Waals surface area contributed by atoms with Crippen LogP contribution >= 0.6 is 11.3 Å². The van der Waals surface area contributed by atoms with Gasteiger partial charge in [-0.25, -0.2) is 0 Å². The van der Waals surface area contributed by atoms with Crippen molar-refractivity contribution in [1.29, 1.82) is 0 Å². The molecule has 0 aliphatic carbocycles. The molecule has 1 aromatic carbocycles. The van der Waals surface area contributed by atoms with E-state index in [4.69, 9.17) is 5.73 Å². The fourth-order valence-corrected chi connectivity index (χ4v) is 2.19. The molecule has 0 amide bonds. The van der Waals surface area contributed by atoms with Crippen LogP contribution in [0.4, 0.5) is 0 Å². The Morgan fingerprint density at radius 3 is 2.60 bits per heavy atom. The van der Waals surface area contributed by atoms with Gasteiger partial charge in [-0.1, -0.05) is 30.3 Å². The second-order valence-corrected chi connectivity index (χ2v) is 4.70. The van der Waals surface area contributed by atoms with Crippen molar-refractivity contribution in [2.24, 2.45) is 5.73 Å². The molecule has 0 spiro atoms. The number of nitrogens with two attached hydrogens (primary N) is 1. The van der Waals surface area contributed by atoms with Gasteiger partial charge in [-0.05, 0) is 12.5 Å². The molecule has 3 nitrogen and oxygen atoms in total. The molecule has 4 heteroatoms. The van der Waals surface area contributed by atoms with Crippen LogP contribution in [0, 0.1) is 6.92 Å². The number of rotatable bonds is 3. The van der Waals surface area contributed by atoms with Crippen LogP contribution in [0.2, 0.25) is 0 Å². The first kappa shape index (κ1) is 10.3. The summed E-state index contributed by atoms with van der Waals surface area (Å²) in [6.07, 6.45) is 0.759. The molecule has 0 aliphatic rings. The molecule has 0 bridgehead atoms. The van der Waals surface area contributed by atoms with E-state index in [9.17, 15) is 0 Å². The van der Waals surface area contributed by atoms with Crippen molar-refractivity contribution in [3.8, 4) is 0 Å². The zero-order chi connectivity index (χ0) is 10.7. The number of hydrogen-bond donors (Lipinski definition) is 1. The molecule has 15 heavy (non-hydrogen) atoms. The molecule has 2 N–H and O–H groups in total.